The van der Waals surface area contributed by atoms with E-state index in [4.69, 9.17) is 10.3 Å². The monoisotopic (exact) mass is 564 g/mol. The number of aliphatic hydroxyl groups excluding tert-OH is 2. The molecule has 0 bridgehead atoms. The number of likely N-dealkylation sites (N-methyl/N-ethyl adjacent to an activating group) is 1. The SMILES string of the molecule is CN(C)c1cc(CCC(=O)c2ccno2)c(O)c2c1CC1CC3C(C(=O)C(C(N)=O)=C(O)C3N(C)C)C(=O)C1=C2O. The summed E-state index contributed by atoms with van der Waals surface area (Å²) >= 11 is 0. The van der Waals surface area contributed by atoms with E-state index in [1.165, 1.54) is 12.3 Å². The van der Waals surface area contributed by atoms with Crippen molar-refractivity contribution in [3.8, 4) is 5.75 Å². The number of aryl methyl sites for hydroxylation is 1. The third-order valence-electron chi connectivity index (χ3n) is 8.44. The Morgan fingerprint density at radius 3 is 2.41 bits per heavy atom. The van der Waals surface area contributed by atoms with Gasteiger partial charge in [-0.15, -0.1) is 0 Å². The highest BCUT2D eigenvalue weighted by Gasteiger charge is 2.56. The number of aromatic nitrogens is 1. The van der Waals surface area contributed by atoms with Crippen molar-refractivity contribution < 1.29 is 39.0 Å². The first kappa shape index (κ1) is 28.1. The molecule has 4 atom stereocenters. The van der Waals surface area contributed by atoms with Crippen molar-refractivity contribution in [2.24, 2.45) is 23.5 Å². The van der Waals surface area contributed by atoms with E-state index in [0.29, 0.717) is 16.8 Å². The molecular formula is C29H32N4O8. The fraction of sp³-hybridized carbons (Fsp3) is 0.414. The summed E-state index contributed by atoms with van der Waals surface area (Å²) in [6.45, 7) is 0. The highest BCUT2D eigenvalue weighted by molar-refractivity contribution is 6.28. The van der Waals surface area contributed by atoms with Crippen molar-refractivity contribution in [3.63, 3.8) is 0 Å². The number of amides is 1. The average molecular weight is 565 g/mol. The topological polar surface area (TPSA) is 188 Å². The summed E-state index contributed by atoms with van der Waals surface area (Å²) in [5.41, 5.74) is 6.61. The van der Waals surface area contributed by atoms with Crippen molar-refractivity contribution in [2.45, 2.75) is 31.7 Å². The number of nitrogens with zero attached hydrogens (tertiary/aromatic N) is 3. The first-order valence-corrected chi connectivity index (χ1v) is 13.2. The van der Waals surface area contributed by atoms with Gasteiger partial charge >= 0.3 is 0 Å². The van der Waals surface area contributed by atoms with Gasteiger partial charge in [0.25, 0.3) is 5.91 Å². The molecule has 0 spiro atoms. The molecule has 1 heterocycles. The zero-order valence-electron chi connectivity index (χ0n) is 23.2. The van der Waals surface area contributed by atoms with Crippen LogP contribution in [0.4, 0.5) is 5.69 Å². The fourth-order valence-electron chi connectivity index (χ4n) is 6.69. The quantitative estimate of drug-likeness (QED) is 0.218. The Labute approximate surface area is 235 Å². The number of aliphatic hydroxyl groups is 2. The Kier molecular flexibility index (Phi) is 6.98. The number of aromatic hydroxyl groups is 1. The van der Waals surface area contributed by atoms with Gasteiger partial charge in [-0.3, -0.25) is 24.1 Å². The van der Waals surface area contributed by atoms with Crippen LogP contribution in [-0.2, 0) is 27.2 Å². The van der Waals surface area contributed by atoms with Crippen molar-refractivity contribution in [1.82, 2.24) is 10.1 Å². The van der Waals surface area contributed by atoms with E-state index >= 15 is 0 Å². The second-order valence-corrected chi connectivity index (χ2v) is 11.3. The zero-order valence-corrected chi connectivity index (χ0v) is 23.2. The molecule has 216 valence electrons. The molecule has 1 aromatic carbocycles. The third-order valence-corrected chi connectivity index (χ3v) is 8.44. The van der Waals surface area contributed by atoms with Gasteiger partial charge < -0.3 is 30.5 Å². The maximum absolute atomic E-state index is 14.0. The number of hydrogen-bond acceptors (Lipinski definition) is 11. The first-order chi connectivity index (χ1) is 19.3. The second-order valence-electron chi connectivity index (χ2n) is 11.3. The van der Waals surface area contributed by atoms with E-state index in [1.807, 2.05) is 19.0 Å². The van der Waals surface area contributed by atoms with Crippen LogP contribution in [0.2, 0.25) is 0 Å². The summed E-state index contributed by atoms with van der Waals surface area (Å²) in [5.74, 6) is -6.51. The lowest BCUT2D eigenvalue weighted by atomic mass is 9.59. The Balaban J connectivity index is 1.60. The lowest BCUT2D eigenvalue weighted by Crippen LogP contribution is -2.55. The minimum atomic E-state index is -1.33. The van der Waals surface area contributed by atoms with Crippen LogP contribution in [0.1, 0.15) is 40.1 Å². The number of Topliss-reactive ketones (excluding diaryl/α,β-unsaturated/α-hetero) is 3. The van der Waals surface area contributed by atoms with Crippen LogP contribution < -0.4 is 10.6 Å². The normalized spacial score (nSPS) is 23.8. The van der Waals surface area contributed by atoms with E-state index in [-0.39, 0.29) is 54.1 Å². The van der Waals surface area contributed by atoms with Crippen molar-refractivity contribution in [3.05, 3.63) is 57.7 Å². The molecule has 0 radical (unpaired) electrons. The molecule has 1 amide bonds. The van der Waals surface area contributed by atoms with Gasteiger partial charge in [0.05, 0.1) is 23.7 Å². The lowest BCUT2D eigenvalue weighted by Gasteiger charge is -2.46. The minimum absolute atomic E-state index is 0.00317. The van der Waals surface area contributed by atoms with Gasteiger partial charge in [0.1, 0.15) is 22.8 Å². The summed E-state index contributed by atoms with van der Waals surface area (Å²) in [4.78, 5) is 55.4. The van der Waals surface area contributed by atoms with Crippen LogP contribution in [0.5, 0.6) is 5.75 Å². The van der Waals surface area contributed by atoms with Gasteiger partial charge in [-0.25, -0.2) is 0 Å². The Hall–Kier alpha value is -4.45. The molecule has 3 aliphatic carbocycles. The first-order valence-electron chi connectivity index (χ1n) is 13.2. The largest absolute Gasteiger partial charge is 0.510 e. The number of phenolic OH excluding ortho intramolecular Hbond substituents is 1. The van der Waals surface area contributed by atoms with Crippen LogP contribution >= 0.6 is 0 Å². The molecule has 2 aromatic rings. The van der Waals surface area contributed by atoms with Gasteiger partial charge in [0, 0.05) is 37.8 Å². The van der Waals surface area contributed by atoms with Gasteiger partial charge in [-0.1, -0.05) is 5.16 Å². The van der Waals surface area contributed by atoms with Crippen molar-refractivity contribution >= 4 is 34.7 Å². The van der Waals surface area contributed by atoms with E-state index in [1.54, 1.807) is 25.1 Å². The lowest BCUT2D eigenvalue weighted by molar-refractivity contribution is -0.136. The van der Waals surface area contributed by atoms with Gasteiger partial charge in [0.15, 0.2) is 11.6 Å². The summed E-state index contributed by atoms with van der Waals surface area (Å²) in [7, 11) is 6.97. The number of phenols is 1. The molecular weight excluding hydrogens is 532 g/mol. The summed E-state index contributed by atoms with van der Waals surface area (Å²) in [6.07, 6.45) is 2.04. The van der Waals surface area contributed by atoms with E-state index in [9.17, 15) is 34.5 Å². The van der Waals surface area contributed by atoms with Crippen molar-refractivity contribution in [2.75, 3.05) is 33.1 Å². The summed E-state index contributed by atoms with van der Waals surface area (Å²) < 4.78 is 4.92. The molecule has 4 unspecified atom stereocenters. The third kappa shape index (κ3) is 4.38. The molecule has 12 nitrogen and oxygen atoms in total. The van der Waals surface area contributed by atoms with E-state index in [2.05, 4.69) is 5.16 Å². The number of primary amides is 1. The summed E-state index contributed by atoms with van der Waals surface area (Å²) in [5, 5.41) is 37.3. The molecule has 5 N–H and O–H groups in total. The molecule has 12 heteroatoms. The number of carbonyl (C=O) groups is 4. The average Bonchev–Trinajstić information content (AvgIpc) is 3.42. The number of hydrogen-bond donors (Lipinski definition) is 4. The van der Waals surface area contributed by atoms with Gasteiger partial charge in [-0.05, 0) is 62.4 Å². The molecule has 0 aliphatic heterocycles. The number of anilines is 1. The Morgan fingerprint density at radius 1 is 1.12 bits per heavy atom. The number of rotatable bonds is 7. The molecule has 0 saturated heterocycles. The molecule has 1 aromatic heterocycles. The molecule has 5 rings (SSSR count). The van der Waals surface area contributed by atoms with Crippen LogP contribution in [0.15, 0.2) is 39.8 Å². The predicted octanol–water partition coefficient (Wildman–Crippen LogP) is 1.72. The fourth-order valence-corrected chi connectivity index (χ4v) is 6.69. The number of benzene rings is 1. The number of nitrogens with two attached hydrogens (primary N) is 1. The molecule has 1 saturated carbocycles. The highest BCUT2D eigenvalue weighted by Crippen LogP contribution is 2.52. The second kappa shape index (κ2) is 10.2. The molecule has 41 heavy (non-hydrogen) atoms. The zero-order chi connectivity index (χ0) is 29.9. The van der Waals surface area contributed by atoms with Crippen molar-refractivity contribution in [1.29, 1.82) is 0 Å². The number of allylic oxidation sites excluding steroid dienone is 1. The van der Waals surface area contributed by atoms with Crippen LogP contribution in [0, 0.1) is 17.8 Å². The van der Waals surface area contributed by atoms with Crippen LogP contribution in [0.3, 0.4) is 0 Å². The standard InChI is InChI=1S/C29H32N4O8/c1-32(2)16-11-12(5-6-17(34)18-7-8-31-41-18)24(35)20-14(16)9-13-10-15-21(26(37)19(13)25(20)36)27(38)22(29(30)40)28(39)23(15)33(3)4/h7-8,11,13,15,21,23,35-36,39H,5-6,9-10H2,1-4H3,(H2,30,40). The Bertz CT molecular complexity index is 1540. The summed E-state index contributed by atoms with van der Waals surface area (Å²) in [6, 6.07) is 2.40. The molecule has 3 aliphatic rings. The Morgan fingerprint density at radius 2 is 1.83 bits per heavy atom. The highest BCUT2D eigenvalue weighted by atomic mass is 16.5. The van der Waals surface area contributed by atoms with Gasteiger partial charge in [-0.2, -0.15) is 0 Å². The predicted molar refractivity (Wildman–Crippen MR) is 146 cm³/mol. The maximum Gasteiger partial charge on any atom is 0.255 e. The number of carbonyl (C=O) groups excluding carboxylic acids is 4. The van der Waals surface area contributed by atoms with Crippen LogP contribution in [0.25, 0.3) is 5.76 Å². The number of ketones is 3. The maximum atomic E-state index is 14.0. The van der Waals surface area contributed by atoms with Gasteiger partial charge in [0.2, 0.25) is 11.5 Å². The smallest absolute Gasteiger partial charge is 0.255 e. The minimum Gasteiger partial charge on any atom is -0.510 e. The van der Waals surface area contributed by atoms with E-state index in [0.717, 1.165) is 0 Å². The molecule has 1 fully saturated rings. The van der Waals surface area contributed by atoms with Crippen LogP contribution in [-0.4, -0.2) is 82.9 Å². The number of fused-ring (bicyclic) bond motifs is 3. The van der Waals surface area contributed by atoms with E-state index < -0.39 is 58.4 Å².